The van der Waals surface area contributed by atoms with E-state index < -0.39 is 0 Å². The molecule has 1 unspecified atom stereocenters. The van der Waals surface area contributed by atoms with Gasteiger partial charge in [-0.15, -0.1) is 0 Å². The number of rotatable bonds is 1. The molecule has 0 saturated carbocycles. The van der Waals surface area contributed by atoms with Crippen LogP contribution in [-0.4, -0.2) is 28.6 Å². The van der Waals surface area contributed by atoms with Gasteiger partial charge in [-0.1, -0.05) is 0 Å². The lowest BCUT2D eigenvalue weighted by Gasteiger charge is -2.22. The number of ether oxygens (including phenoxy) is 1. The molecule has 1 atom stereocenters. The summed E-state index contributed by atoms with van der Waals surface area (Å²) in [7, 11) is 0. The summed E-state index contributed by atoms with van der Waals surface area (Å²) in [6.45, 7) is 1.42. The zero-order valence-electron chi connectivity index (χ0n) is 11.7. The van der Waals surface area contributed by atoms with Crippen LogP contribution in [0.5, 0.6) is 0 Å². The van der Waals surface area contributed by atoms with Crippen LogP contribution in [0.3, 0.4) is 0 Å². The fourth-order valence-electron chi connectivity index (χ4n) is 2.00. The van der Waals surface area contributed by atoms with Gasteiger partial charge in [0.05, 0.1) is 15.5 Å². The number of nitriles is 2. The van der Waals surface area contributed by atoms with E-state index in [0.717, 1.165) is 34.8 Å². The molecule has 1 aromatic rings. The van der Waals surface area contributed by atoms with Gasteiger partial charge in [0.15, 0.2) is 5.69 Å². The Morgan fingerprint density at radius 2 is 2.09 bits per heavy atom. The first kappa shape index (κ1) is 16.9. The molecule has 1 aromatic heterocycles. The van der Waals surface area contributed by atoms with Crippen LogP contribution in [-0.2, 0) is 4.74 Å². The van der Waals surface area contributed by atoms with Crippen LogP contribution in [0.2, 0.25) is 0 Å². The third-order valence-corrected chi connectivity index (χ3v) is 4.38. The normalized spacial score (nSPS) is 20.1. The van der Waals surface area contributed by atoms with Gasteiger partial charge in [0.1, 0.15) is 24.1 Å². The molecule has 2 aliphatic heterocycles. The maximum absolute atomic E-state index is 8.73. The highest BCUT2D eigenvalue weighted by Gasteiger charge is 2.18. The minimum absolute atomic E-state index is 0.00199. The van der Waals surface area contributed by atoms with Crippen LogP contribution in [0.4, 0.5) is 0 Å². The molecule has 0 aromatic carbocycles. The van der Waals surface area contributed by atoms with E-state index in [1.165, 1.54) is 0 Å². The molecule has 0 spiro atoms. The highest BCUT2D eigenvalue weighted by atomic mass is 79.9. The maximum Gasteiger partial charge on any atom is 0.176 e. The molecule has 1 fully saturated rings. The Morgan fingerprint density at radius 1 is 1.27 bits per heavy atom. The van der Waals surface area contributed by atoms with Crippen molar-refractivity contribution < 1.29 is 4.74 Å². The van der Waals surface area contributed by atoms with E-state index in [4.69, 9.17) is 15.3 Å². The van der Waals surface area contributed by atoms with E-state index in [2.05, 4.69) is 42.0 Å². The van der Waals surface area contributed by atoms with Gasteiger partial charge in [-0.25, -0.2) is 4.68 Å². The van der Waals surface area contributed by atoms with Crippen LogP contribution in [0.25, 0.3) is 0 Å². The van der Waals surface area contributed by atoms with Crippen molar-refractivity contribution in [2.75, 3.05) is 13.2 Å². The molecule has 0 bridgehead atoms. The number of nitrogens with zero attached hydrogens (tertiary/aromatic N) is 5. The van der Waals surface area contributed by atoms with Crippen molar-refractivity contribution in [1.29, 1.82) is 10.5 Å². The SMILES string of the molecule is N#CC1=NCC=C1Br.N#Cc1nn(C2CCCCO2)cc1Br. The van der Waals surface area contributed by atoms with Crippen LogP contribution < -0.4 is 0 Å². The Labute approximate surface area is 145 Å². The van der Waals surface area contributed by atoms with Crippen LogP contribution in [0.1, 0.15) is 31.2 Å². The smallest absolute Gasteiger partial charge is 0.176 e. The molecule has 1 saturated heterocycles. The van der Waals surface area contributed by atoms with Gasteiger partial charge >= 0.3 is 0 Å². The number of hydrogen-bond acceptors (Lipinski definition) is 5. The Hall–Kier alpha value is -1.48. The highest BCUT2D eigenvalue weighted by molar-refractivity contribution is 9.12. The molecule has 0 amide bonds. The third kappa shape index (κ3) is 4.26. The standard InChI is InChI=1S/C9H10BrN3O.C5H3BrN2/c10-7-6-13(12-8(7)5-11)9-3-1-2-4-14-9;6-4-1-2-8-5(4)3-7/h6,9H,1-4H2;1H,2H2. The molecular weight excluding hydrogens is 414 g/mol. The average molecular weight is 427 g/mol. The molecular formula is C14H13Br2N5O. The number of aromatic nitrogens is 2. The second-order valence-electron chi connectivity index (χ2n) is 4.59. The molecule has 6 nitrogen and oxygen atoms in total. The second kappa shape index (κ2) is 8.23. The fraction of sp³-hybridized carbons (Fsp3) is 0.429. The molecule has 3 heterocycles. The van der Waals surface area contributed by atoms with Crippen molar-refractivity contribution in [3.05, 3.63) is 26.9 Å². The van der Waals surface area contributed by atoms with Crippen molar-refractivity contribution >= 4 is 37.6 Å². The summed E-state index contributed by atoms with van der Waals surface area (Å²) in [6.07, 6.45) is 6.90. The summed E-state index contributed by atoms with van der Waals surface area (Å²) < 4.78 is 8.82. The van der Waals surface area contributed by atoms with E-state index in [0.29, 0.717) is 18.0 Å². The van der Waals surface area contributed by atoms with Crippen LogP contribution in [0, 0.1) is 22.7 Å². The van der Waals surface area contributed by atoms with E-state index in [9.17, 15) is 0 Å². The Morgan fingerprint density at radius 3 is 2.55 bits per heavy atom. The minimum Gasteiger partial charge on any atom is -0.357 e. The average Bonchev–Trinajstić information content (AvgIpc) is 3.14. The molecule has 0 N–H and O–H groups in total. The first-order valence-corrected chi connectivity index (χ1v) is 8.31. The van der Waals surface area contributed by atoms with Crippen LogP contribution >= 0.6 is 31.9 Å². The zero-order valence-corrected chi connectivity index (χ0v) is 14.8. The molecule has 8 heteroatoms. The molecule has 0 aliphatic carbocycles. The second-order valence-corrected chi connectivity index (χ2v) is 6.30. The lowest BCUT2D eigenvalue weighted by Crippen LogP contribution is -2.18. The van der Waals surface area contributed by atoms with Gasteiger partial charge in [0.2, 0.25) is 0 Å². The fourth-order valence-corrected chi connectivity index (χ4v) is 2.74. The predicted octanol–water partition coefficient (Wildman–Crippen LogP) is 3.46. The first-order chi connectivity index (χ1) is 10.7. The van der Waals surface area contributed by atoms with E-state index in [1.54, 1.807) is 10.9 Å². The van der Waals surface area contributed by atoms with E-state index in [1.807, 2.05) is 18.2 Å². The molecule has 3 rings (SSSR count). The van der Waals surface area contributed by atoms with Gasteiger partial charge in [0.25, 0.3) is 0 Å². The van der Waals surface area contributed by atoms with Crippen molar-refractivity contribution in [2.24, 2.45) is 4.99 Å². The van der Waals surface area contributed by atoms with Gasteiger partial charge < -0.3 is 4.74 Å². The van der Waals surface area contributed by atoms with Crippen molar-refractivity contribution in [3.63, 3.8) is 0 Å². The van der Waals surface area contributed by atoms with Gasteiger partial charge in [0, 0.05) is 12.8 Å². The molecule has 0 radical (unpaired) electrons. The lowest BCUT2D eigenvalue weighted by atomic mass is 10.2. The Bertz CT molecular complexity index is 674. The number of halogens is 2. The molecule has 114 valence electrons. The number of aliphatic imine (C=N–C) groups is 1. The highest BCUT2D eigenvalue weighted by Crippen LogP contribution is 2.24. The number of hydrogen-bond donors (Lipinski definition) is 0. The predicted molar refractivity (Wildman–Crippen MR) is 88.4 cm³/mol. The van der Waals surface area contributed by atoms with E-state index in [-0.39, 0.29) is 6.23 Å². The summed E-state index contributed by atoms with van der Waals surface area (Å²) in [5, 5.41) is 21.2. The third-order valence-electron chi connectivity index (χ3n) is 3.10. The van der Waals surface area contributed by atoms with Crippen molar-refractivity contribution in [1.82, 2.24) is 9.78 Å². The summed E-state index contributed by atoms with van der Waals surface area (Å²) in [4.78, 5) is 3.85. The van der Waals surface area contributed by atoms with Gasteiger partial charge in [-0.2, -0.15) is 15.6 Å². The van der Waals surface area contributed by atoms with Crippen molar-refractivity contribution in [3.8, 4) is 12.1 Å². The zero-order chi connectivity index (χ0) is 15.9. The quantitative estimate of drug-likeness (QED) is 0.687. The maximum atomic E-state index is 8.73. The summed E-state index contributed by atoms with van der Waals surface area (Å²) in [6, 6.07) is 3.97. The lowest BCUT2D eigenvalue weighted by molar-refractivity contribution is -0.0395. The minimum atomic E-state index is 0.00199. The Balaban J connectivity index is 0.000000188. The first-order valence-electron chi connectivity index (χ1n) is 6.72. The molecule has 2 aliphatic rings. The Kier molecular flexibility index (Phi) is 6.32. The summed E-state index contributed by atoms with van der Waals surface area (Å²) in [5.41, 5.74) is 0.921. The molecule has 22 heavy (non-hydrogen) atoms. The van der Waals surface area contributed by atoms with Crippen molar-refractivity contribution in [2.45, 2.75) is 25.5 Å². The number of allylic oxidation sites excluding steroid dienone is 1. The summed E-state index contributed by atoms with van der Waals surface area (Å²) in [5.74, 6) is 0. The summed E-state index contributed by atoms with van der Waals surface area (Å²) >= 11 is 6.46. The monoisotopic (exact) mass is 425 g/mol. The van der Waals surface area contributed by atoms with E-state index >= 15 is 0 Å². The topological polar surface area (TPSA) is 87.0 Å². The van der Waals surface area contributed by atoms with Gasteiger partial charge in [-0.3, -0.25) is 4.99 Å². The largest absolute Gasteiger partial charge is 0.357 e. The van der Waals surface area contributed by atoms with Crippen LogP contribution in [0.15, 0.2) is 26.2 Å². The van der Waals surface area contributed by atoms with Gasteiger partial charge in [-0.05, 0) is 57.2 Å².